The van der Waals surface area contributed by atoms with E-state index in [1.807, 2.05) is 6.07 Å². The van der Waals surface area contributed by atoms with E-state index >= 15 is 0 Å². The van der Waals surface area contributed by atoms with Crippen LogP contribution in [-0.4, -0.2) is 41.0 Å². The van der Waals surface area contributed by atoms with Crippen LogP contribution >= 0.6 is 0 Å². The fourth-order valence-electron chi connectivity index (χ4n) is 3.46. The molecule has 0 aliphatic carbocycles. The van der Waals surface area contributed by atoms with Gasteiger partial charge in [0.2, 0.25) is 5.95 Å². The molecule has 0 saturated carbocycles. The monoisotopic (exact) mass is 338 g/mol. The minimum atomic E-state index is 0.311. The Morgan fingerprint density at radius 3 is 2.44 bits per heavy atom. The van der Waals surface area contributed by atoms with Crippen LogP contribution in [0.5, 0.6) is 0 Å². The summed E-state index contributed by atoms with van der Waals surface area (Å²) in [6.45, 7) is 12.9. The van der Waals surface area contributed by atoms with Crippen LogP contribution < -0.4 is 11.1 Å². The highest BCUT2D eigenvalue weighted by Crippen LogP contribution is 2.24. The molecule has 1 aliphatic heterocycles. The van der Waals surface area contributed by atoms with Crippen molar-refractivity contribution in [1.82, 2.24) is 14.9 Å². The molecule has 1 aromatic carbocycles. The van der Waals surface area contributed by atoms with Gasteiger partial charge in [-0.25, -0.2) is 4.98 Å². The normalized spacial score (nSPS) is 15.4. The van der Waals surface area contributed by atoms with Gasteiger partial charge in [0.1, 0.15) is 5.82 Å². The van der Waals surface area contributed by atoms with Crippen LogP contribution in [-0.2, 0) is 0 Å². The first-order valence-corrected chi connectivity index (χ1v) is 8.87. The first-order valence-electron chi connectivity index (χ1n) is 8.87. The molecule has 0 amide bonds. The fourth-order valence-corrected chi connectivity index (χ4v) is 3.46. The molecule has 1 saturated heterocycles. The van der Waals surface area contributed by atoms with E-state index in [2.05, 4.69) is 66.1 Å². The van der Waals surface area contributed by atoms with E-state index in [0.29, 0.717) is 11.9 Å². The Morgan fingerprint density at radius 2 is 1.80 bits per heavy atom. The Bertz CT molecular complexity index is 715. The van der Waals surface area contributed by atoms with Gasteiger partial charge in [0, 0.05) is 43.7 Å². The summed E-state index contributed by atoms with van der Waals surface area (Å²) in [5, 5.41) is 3.44. The summed E-state index contributed by atoms with van der Waals surface area (Å²) < 4.78 is 0. The van der Waals surface area contributed by atoms with Crippen LogP contribution in [0.1, 0.15) is 25.0 Å². The van der Waals surface area contributed by atoms with Crippen LogP contribution in [0.15, 0.2) is 24.3 Å². The molecule has 1 fully saturated rings. The van der Waals surface area contributed by atoms with Gasteiger partial charge in [-0.3, -0.25) is 0 Å². The summed E-state index contributed by atoms with van der Waals surface area (Å²) in [4.78, 5) is 11.2. The molecule has 0 spiro atoms. The molecule has 3 rings (SSSR count). The fraction of sp³-hybridized carbons (Fsp3) is 0.450. The lowest BCUT2D eigenvalue weighted by Crippen LogP contribution is -2.50. The first-order chi connectivity index (χ1) is 11.9. The molecular weight excluding hydrogens is 310 g/mol. The summed E-state index contributed by atoms with van der Waals surface area (Å²) in [5.74, 6) is 3.25. The molecule has 25 heavy (non-hydrogen) atoms. The van der Waals surface area contributed by atoms with Crippen molar-refractivity contribution in [2.75, 3.05) is 37.2 Å². The molecule has 2 aromatic rings. The summed E-state index contributed by atoms with van der Waals surface area (Å²) in [6.07, 6.45) is 0. The quantitative estimate of drug-likeness (QED) is 0.846. The number of nitrogens with two attached hydrogens (primary N) is 1. The Labute approximate surface area is 150 Å². The SMILES string of the molecule is C[C](C)CN1CC(CNc2cc(-c3cc(C)cc(C)c3)nc(N)n2)C1. The number of aromatic nitrogens is 2. The van der Waals surface area contributed by atoms with Crippen LogP contribution in [0.2, 0.25) is 0 Å². The van der Waals surface area contributed by atoms with E-state index in [1.165, 1.54) is 17.0 Å². The Kier molecular flexibility index (Phi) is 5.23. The molecular formula is C20H28N5. The van der Waals surface area contributed by atoms with E-state index < -0.39 is 0 Å². The average molecular weight is 338 g/mol. The highest BCUT2D eigenvalue weighted by Gasteiger charge is 2.26. The van der Waals surface area contributed by atoms with Gasteiger partial charge >= 0.3 is 0 Å². The van der Waals surface area contributed by atoms with Crippen molar-refractivity contribution in [1.29, 1.82) is 0 Å². The van der Waals surface area contributed by atoms with Crippen molar-refractivity contribution >= 4 is 11.8 Å². The summed E-state index contributed by atoms with van der Waals surface area (Å²) in [7, 11) is 0. The van der Waals surface area contributed by atoms with Gasteiger partial charge < -0.3 is 16.0 Å². The van der Waals surface area contributed by atoms with Crippen LogP contribution in [0.4, 0.5) is 11.8 Å². The van der Waals surface area contributed by atoms with Crippen molar-refractivity contribution < 1.29 is 0 Å². The Hall–Kier alpha value is -2.14. The topological polar surface area (TPSA) is 67.1 Å². The van der Waals surface area contributed by atoms with E-state index in [-0.39, 0.29) is 0 Å². The maximum Gasteiger partial charge on any atom is 0.222 e. The zero-order valence-electron chi connectivity index (χ0n) is 15.6. The minimum Gasteiger partial charge on any atom is -0.370 e. The highest BCUT2D eigenvalue weighted by molar-refractivity contribution is 5.65. The number of rotatable bonds is 6. The highest BCUT2D eigenvalue weighted by atomic mass is 15.2. The van der Waals surface area contributed by atoms with Crippen molar-refractivity contribution in [2.24, 2.45) is 5.92 Å². The number of nitrogen functional groups attached to an aromatic ring is 1. The molecule has 5 nitrogen and oxygen atoms in total. The number of aryl methyl sites for hydroxylation is 2. The lowest BCUT2D eigenvalue weighted by Gasteiger charge is -2.40. The van der Waals surface area contributed by atoms with E-state index in [0.717, 1.165) is 43.3 Å². The summed E-state index contributed by atoms with van der Waals surface area (Å²) in [6, 6.07) is 8.41. The third kappa shape index (κ3) is 4.69. The predicted octanol–water partition coefficient (Wildman–Crippen LogP) is 3.30. The van der Waals surface area contributed by atoms with Crippen LogP contribution in [0, 0.1) is 25.7 Å². The van der Waals surface area contributed by atoms with Crippen LogP contribution in [0.25, 0.3) is 11.3 Å². The summed E-state index contributed by atoms with van der Waals surface area (Å²) in [5.41, 5.74) is 10.3. The number of hydrogen-bond acceptors (Lipinski definition) is 5. The number of hydrogen-bond donors (Lipinski definition) is 2. The van der Waals surface area contributed by atoms with Gasteiger partial charge in [0.25, 0.3) is 0 Å². The third-order valence-electron chi connectivity index (χ3n) is 4.41. The first kappa shape index (κ1) is 17.7. The van der Waals surface area contributed by atoms with Gasteiger partial charge in [-0.15, -0.1) is 0 Å². The lowest BCUT2D eigenvalue weighted by atomic mass is 9.98. The van der Waals surface area contributed by atoms with E-state index in [9.17, 15) is 0 Å². The molecule has 1 aromatic heterocycles. The van der Waals surface area contributed by atoms with Gasteiger partial charge in [-0.2, -0.15) is 4.98 Å². The van der Waals surface area contributed by atoms with Crippen molar-refractivity contribution in [3.8, 4) is 11.3 Å². The van der Waals surface area contributed by atoms with Gasteiger partial charge in [0.05, 0.1) is 5.69 Å². The predicted molar refractivity (Wildman–Crippen MR) is 104 cm³/mol. The standard InChI is InChI=1S/C20H28N5/c1-13(2)10-25-11-16(12-25)9-22-19-8-18(23-20(21)24-19)17-6-14(3)5-15(4)7-17/h5-8,16H,9-12H2,1-4H3,(H3,21,22,23,24). The largest absolute Gasteiger partial charge is 0.370 e. The number of anilines is 2. The minimum absolute atomic E-state index is 0.311. The second-order valence-electron chi connectivity index (χ2n) is 7.52. The van der Waals surface area contributed by atoms with Gasteiger partial charge in [-0.05, 0) is 31.9 Å². The maximum atomic E-state index is 5.93. The molecule has 1 radical (unpaired) electrons. The van der Waals surface area contributed by atoms with Crippen LogP contribution in [0.3, 0.4) is 0 Å². The molecule has 0 bridgehead atoms. The van der Waals surface area contributed by atoms with E-state index in [4.69, 9.17) is 5.73 Å². The Balaban J connectivity index is 1.64. The molecule has 0 unspecified atom stereocenters. The number of nitrogens with one attached hydrogen (secondary N) is 1. The average Bonchev–Trinajstić information content (AvgIpc) is 2.47. The molecule has 2 heterocycles. The smallest absolute Gasteiger partial charge is 0.222 e. The zero-order valence-corrected chi connectivity index (χ0v) is 15.6. The lowest BCUT2D eigenvalue weighted by molar-refractivity contribution is 0.115. The molecule has 133 valence electrons. The molecule has 0 atom stereocenters. The zero-order chi connectivity index (χ0) is 18.0. The molecule has 1 aliphatic rings. The van der Waals surface area contributed by atoms with Gasteiger partial charge in [-0.1, -0.05) is 31.0 Å². The van der Waals surface area contributed by atoms with Crippen molar-refractivity contribution in [3.63, 3.8) is 0 Å². The third-order valence-corrected chi connectivity index (χ3v) is 4.41. The van der Waals surface area contributed by atoms with Gasteiger partial charge in [0.15, 0.2) is 0 Å². The summed E-state index contributed by atoms with van der Waals surface area (Å²) >= 11 is 0. The number of nitrogens with zero attached hydrogens (tertiary/aromatic N) is 3. The van der Waals surface area contributed by atoms with E-state index in [1.54, 1.807) is 0 Å². The van der Waals surface area contributed by atoms with Crippen molar-refractivity contribution in [3.05, 3.63) is 41.3 Å². The maximum absolute atomic E-state index is 5.93. The Morgan fingerprint density at radius 1 is 1.12 bits per heavy atom. The molecule has 5 heteroatoms. The van der Waals surface area contributed by atoms with Crippen molar-refractivity contribution in [2.45, 2.75) is 27.7 Å². The molecule has 3 N–H and O–H groups in total. The number of benzene rings is 1. The second kappa shape index (κ2) is 7.40. The second-order valence-corrected chi connectivity index (χ2v) is 7.52. The number of likely N-dealkylation sites (tertiary alicyclic amines) is 1.